The molecule has 6 nitrogen and oxygen atoms in total. The number of carbonyl (C=O) groups is 1. The fourth-order valence-corrected chi connectivity index (χ4v) is 5.04. The second kappa shape index (κ2) is 17.6. The molecule has 38 heavy (non-hydrogen) atoms. The van der Waals surface area contributed by atoms with E-state index in [-0.39, 0.29) is 41.9 Å². The molecule has 1 aliphatic rings. The van der Waals surface area contributed by atoms with Gasteiger partial charge in [-0.1, -0.05) is 96.7 Å². The first-order valence-corrected chi connectivity index (χ1v) is 14.1. The largest absolute Gasteiger partial charge is 0.458 e. The van der Waals surface area contributed by atoms with E-state index in [0.717, 1.165) is 12.8 Å². The lowest BCUT2D eigenvalue weighted by Gasteiger charge is -2.31. The third kappa shape index (κ3) is 12.2. The van der Waals surface area contributed by atoms with Crippen LogP contribution in [0.2, 0.25) is 0 Å². The molecule has 0 aliphatic carbocycles. The van der Waals surface area contributed by atoms with E-state index < -0.39 is 36.5 Å². The van der Waals surface area contributed by atoms with Crippen molar-refractivity contribution in [2.75, 3.05) is 0 Å². The summed E-state index contributed by atoms with van der Waals surface area (Å²) >= 11 is 0. The fraction of sp³-hybridized carbons (Fsp3) is 0.656. The number of allylic oxidation sites excluding steroid dienone is 4. The smallest absolute Gasteiger partial charge is 0.331 e. The predicted octanol–water partition coefficient (Wildman–Crippen LogP) is 5.14. The maximum absolute atomic E-state index is 12.6. The zero-order valence-electron chi connectivity index (χ0n) is 24.2. The van der Waals surface area contributed by atoms with E-state index in [1.54, 1.807) is 30.4 Å². The van der Waals surface area contributed by atoms with Crippen molar-refractivity contribution in [3.63, 3.8) is 0 Å². The number of ether oxygens (including phenoxy) is 1. The summed E-state index contributed by atoms with van der Waals surface area (Å²) in [5.41, 5.74) is 0. The Morgan fingerprint density at radius 3 is 2.26 bits per heavy atom. The quantitative estimate of drug-likeness (QED) is 0.228. The van der Waals surface area contributed by atoms with Crippen LogP contribution in [0, 0.1) is 35.5 Å². The number of hydrogen-bond donors (Lipinski definition) is 4. The van der Waals surface area contributed by atoms with Crippen molar-refractivity contribution in [1.82, 2.24) is 0 Å². The Labute approximate surface area is 230 Å². The Morgan fingerprint density at radius 1 is 0.921 bits per heavy atom. The summed E-state index contributed by atoms with van der Waals surface area (Å²) in [6.45, 7) is 15.5. The summed E-state index contributed by atoms with van der Waals surface area (Å²) < 4.78 is 5.81. The van der Waals surface area contributed by atoms with Gasteiger partial charge in [-0.05, 0) is 31.1 Å². The summed E-state index contributed by atoms with van der Waals surface area (Å²) in [5, 5.41) is 42.7. The molecule has 0 fully saturated rings. The molecule has 6 heteroatoms. The van der Waals surface area contributed by atoms with Crippen LogP contribution in [0.3, 0.4) is 0 Å². The lowest BCUT2D eigenvalue weighted by molar-refractivity contribution is -0.150. The maximum atomic E-state index is 12.6. The van der Waals surface area contributed by atoms with Gasteiger partial charge in [0.05, 0.1) is 24.4 Å². The number of aliphatic hydroxyl groups is 4. The van der Waals surface area contributed by atoms with Gasteiger partial charge in [0.15, 0.2) is 0 Å². The third-order valence-electron chi connectivity index (χ3n) is 7.78. The fourth-order valence-electron chi connectivity index (χ4n) is 5.04. The zero-order valence-corrected chi connectivity index (χ0v) is 24.2. The molecule has 0 aromatic heterocycles. The van der Waals surface area contributed by atoms with Crippen LogP contribution >= 0.6 is 0 Å². The Bertz CT molecular complexity index is 815. The van der Waals surface area contributed by atoms with Gasteiger partial charge in [-0.2, -0.15) is 0 Å². The van der Waals surface area contributed by atoms with Crippen LogP contribution in [0.4, 0.5) is 0 Å². The van der Waals surface area contributed by atoms with Crippen LogP contribution in [0.25, 0.3) is 0 Å². The van der Waals surface area contributed by atoms with Gasteiger partial charge in [0.2, 0.25) is 0 Å². The number of cyclic esters (lactones) is 1. The van der Waals surface area contributed by atoms with E-state index in [1.807, 2.05) is 52.8 Å². The van der Waals surface area contributed by atoms with Crippen molar-refractivity contribution in [1.29, 1.82) is 0 Å². The van der Waals surface area contributed by atoms with E-state index in [0.29, 0.717) is 6.42 Å². The van der Waals surface area contributed by atoms with Gasteiger partial charge in [0, 0.05) is 36.2 Å². The van der Waals surface area contributed by atoms with Crippen molar-refractivity contribution in [2.45, 2.75) is 97.7 Å². The van der Waals surface area contributed by atoms with Crippen LogP contribution in [0.15, 0.2) is 61.3 Å². The van der Waals surface area contributed by atoms with E-state index in [9.17, 15) is 25.2 Å². The van der Waals surface area contributed by atoms with Crippen molar-refractivity contribution < 1.29 is 30.0 Å². The zero-order chi connectivity index (χ0) is 28.8. The van der Waals surface area contributed by atoms with Gasteiger partial charge in [0.25, 0.3) is 0 Å². The average molecular weight is 533 g/mol. The standard InChI is InChI=1S/C32H52O6/c1-8-9-12-24(5)32-26(7)28(34)18-15-21(2)19-25(6)31(37)23(4)16-17-27(33)20-29(35)22(3)13-10-11-14-30(36)38-32/h8-14,16-17,21-29,31-35,37H,1,15,18-20H2,2-7H3/b12-9-,13-10+,14-11-,17-16-/t21?,22-,23-,24-,25+,26-,27+,28?,29-,31-,32-/m0/s1. The van der Waals surface area contributed by atoms with Gasteiger partial charge in [0.1, 0.15) is 6.10 Å². The number of rotatable bonds is 3. The van der Waals surface area contributed by atoms with Crippen LogP contribution in [0.1, 0.15) is 67.2 Å². The Hall–Kier alpha value is -1.99. The molecule has 4 N–H and O–H groups in total. The van der Waals surface area contributed by atoms with Crippen LogP contribution in [-0.4, -0.2) is 56.9 Å². The Kier molecular flexibility index (Phi) is 15.7. The summed E-state index contributed by atoms with van der Waals surface area (Å²) in [5.74, 6) is -0.976. The molecular formula is C32H52O6. The maximum Gasteiger partial charge on any atom is 0.331 e. The van der Waals surface area contributed by atoms with Gasteiger partial charge in [-0.25, -0.2) is 4.79 Å². The molecule has 1 aliphatic heterocycles. The van der Waals surface area contributed by atoms with E-state index in [4.69, 9.17) is 4.74 Å². The summed E-state index contributed by atoms with van der Waals surface area (Å²) in [7, 11) is 0. The van der Waals surface area contributed by atoms with Crippen molar-refractivity contribution >= 4 is 5.97 Å². The minimum Gasteiger partial charge on any atom is -0.458 e. The summed E-state index contributed by atoms with van der Waals surface area (Å²) in [6.07, 6.45) is 14.2. The highest BCUT2D eigenvalue weighted by molar-refractivity contribution is 5.82. The van der Waals surface area contributed by atoms with Crippen LogP contribution in [0.5, 0.6) is 0 Å². The summed E-state index contributed by atoms with van der Waals surface area (Å²) in [4.78, 5) is 12.6. The Morgan fingerprint density at radius 2 is 1.61 bits per heavy atom. The molecule has 0 spiro atoms. The highest BCUT2D eigenvalue weighted by Gasteiger charge is 2.31. The topological polar surface area (TPSA) is 107 Å². The highest BCUT2D eigenvalue weighted by atomic mass is 16.5. The van der Waals surface area contributed by atoms with E-state index in [2.05, 4.69) is 13.5 Å². The molecule has 2 unspecified atom stereocenters. The average Bonchev–Trinajstić information content (AvgIpc) is 2.88. The first-order valence-electron chi connectivity index (χ1n) is 14.1. The lowest BCUT2D eigenvalue weighted by Crippen LogP contribution is -2.37. The second-order valence-corrected chi connectivity index (χ2v) is 11.4. The van der Waals surface area contributed by atoms with Crippen molar-refractivity contribution in [3.8, 4) is 0 Å². The molecule has 0 bridgehead atoms. The molecule has 0 saturated heterocycles. The lowest BCUT2D eigenvalue weighted by atomic mass is 9.82. The van der Waals surface area contributed by atoms with E-state index in [1.165, 1.54) is 6.08 Å². The minimum absolute atomic E-state index is 0.0366. The van der Waals surface area contributed by atoms with Gasteiger partial charge < -0.3 is 25.2 Å². The molecular weight excluding hydrogens is 480 g/mol. The predicted molar refractivity (Wildman–Crippen MR) is 154 cm³/mol. The number of carbonyl (C=O) groups excluding carboxylic acids is 1. The number of aliphatic hydroxyl groups excluding tert-OH is 4. The molecule has 0 aromatic rings. The number of esters is 1. The first-order chi connectivity index (χ1) is 17.9. The summed E-state index contributed by atoms with van der Waals surface area (Å²) in [6, 6.07) is 0. The van der Waals surface area contributed by atoms with Crippen LogP contribution < -0.4 is 0 Å². The highest BCUT2D eigenvalue weighted by Crippen LogP contribution is 2.28. The van der Waals surface area contributed by atoms with Crippen molar-refractivity contribution in [3.05, 3.63) is 61.3 Å². The molecule has 0 radical (unpaired) electrons. The Balaban J connectivity index is 3.17. The molecule has 0 saturated carbocycles. The molecule has 1 rings (SSSR count). The second-order valence-electron chi connectivity index (χ2n) is 11.4. The SMILES string of the molecule is C=C/C=C\[C@H](C)[C@@H]1OC(=O)/C=C\C=C\[C@H](C)[C@@H](O)C[C@H](O)/C=C\[C@H](C)[C@H](O)[C@H](C)CC(C)CCC(O)[C@@H]1C. The monoisotopic (exact) mass is 532 g/mol. The molecule has 216 valence electrons. The first kappa shape index (κ1) is 34.0. The third-order valence-corrected chi connectivity index (χ3v) is 7.78. The van der Waals surface area contributed by atoms with Crippen LogP contribution in [-0.2, 0) is 9.53 Å². The molecule has 0 amide bonds. The van der Waals surface area contributed by atoms with E-state index >= 15 is 0 Å². The molecule has 11 atom stereocenters. The number of hydrogen-bond acceptors (Lipinski definition) is 6. The van der Waals surface area contributed by atoms with Gasteiger partial charge >= 0.3 is 5.97 Å². The molecule has 0 aromatic carbocycles. The normalized spacial score (nSPS) is 40.7. The van der Waals surface area contributed by atoms with Crippen molar-refractivity contribution in [2.24, 2.45) is 35.5 Å². The van der Waals surface area contributed by atoms with Gasteiger partial charge in [-0.3, -0.25) is 0 Å². The minimum atomic E-state index is -0.828. The van der Waals surface area contributed by atoms with Gasteiger partial charge in [-0.15, -0.1) is 0 Å². The molecule has 1 heterocycles.